The minimum atomic E-state index is -1.71. The number of amides is 1. The summed E-state index contributed by atoms with van der Waals surface area (Å²) in [6.45, 7) is 2.19. The first-order chi connectivity index (χ1) is 14.8. The summed E-state index contributed by atoms with van der Waals surface area (Å²) in [6.07, 6.45) is 0. The Morgan fingerprint density at radius 2 is 1.81 bits per heavy atom. The molecular formula is C21H16ClF3IN3O2. The van der Waals surface area contributed by atoms with Crippen LogP contribution in [0.15, 0.2) is 48.5 Å². The lowest BCUT2D eigenvalue weighted by molar-refractivity contribution is 0.0962. The van der Waals surface area contributed by atoms with Crippen molar-refractivity contribution in [2.45, 2.75) is 6.92 Å². The van der Waals surface area contributed by atoms with E-state index in [1.54, 1.807) is 43.3 Å². The fraction of sp³-hybridized carbons (Fsp3) is 0.0952. The zero-order valence-corrected chi connectivity index (χ0v) is 18.9. The summed E-state index contributed by atoms with van der Waals surface area (Å²) in [5, 5.41) is 2.80. The second-order valence-electron chi connectivity index (χ2n) is 6.17. The molecule has 3 N–H and O–H groups in total. The summed E-state index contributed by atoms with van der Waals surface area (Å²) >= 11 is 8.17. The number of anilines is 3. The third-order valence-electron chi connectivity index (χ3n) is 4.10. The molecule has 1 amide bonds. The van der Waals surface area contributed by atoms with Gasteiger partial charge in [-0.15, -0.1) is 0 Å². The molecular weight excluding hydrogens is 546 g/mol. The number of para-hydroxylation sites is 2. The summed E-state index contributed by atoms with van der Waals surface area (Å²) < 4.78 is 48.6. The Kier molecular flexibility index (Phi) is 7.50. The SMILES string of the molecule is CCOc1ccccc1NNC(=O)c1cc(F)c(F)c(F)c1Nc1ccc(I)cc1Cl. The predicted octanol–water partition coefficient (Wildman–Crippen LogP) is 6.26. The van der Waals surface area contributed by atoms with E-state index >= 15 is 0 Å². The Hall–Kier alpha value is -2.66. The molecule has 5 nitrogen and oxygen atoms in total. The summed E-state index contributed by atoms with van der Waals surface area (Å²) in [6, 6.07) is 12.2. The largest absolute Gasteiger partial charge is 0.492 e. The van der Waals surface area contributed by atoms with Gasteiger partial charge in [0, 0.05) is 3.57 Å². The monoisotopic (exact) mass is 561 g/mol. The number of carbonyl (C=O) groups excluding carboxylic acids is 1. The summed E-state index contributed by atoms with van der Waals surface area (Å²) in [4.78, 5) is 12.7. The summed E-state index contributed by atoms with van der Waals surface area (Å²) in [5.74, 6) is -5.21. The maximum Gasteiger partial charge on any atom is 0.271 e. The number of nitrogens with one attached hydrogen (secondary N) is 3. The van der Waals surface area contributed by atoms with E-state index in [-0.39, 0.29) is 10.7 Å². The minimum absolute atomic E-state index is 0.214. The lowest BCUT2D eigenvalue weighted by Gasteiger charge is -2.17. The predicted molar refractivity (Wildman–Crippen MR) is 122 cm³/mol. The molecule has 3 rings (SSSR count). The van der Waals surface area contributed by atoms with Crippen LogP contribution in [0.3, 0.4) is 0 Å². The first kappa shape index (κ1) is 23.0. The van der Waals surface area contributed by atoms with Crippen LogP contribution in [0, 0.1) is 21.0 Å². The molecule has 3 aromatic carbocycles. The van der Waals surface area contributed by atoms with Crippen molar-refractivity contribution in [2.24, 2.45) is 0 Å². The average Bonchev–Trinajstić information content (AvgIpc) is 2.75. The molecule has 0 unspecified atom stereocenters. The van der Waals surface area contributed by atoms with Crippen molar-refractivity contribution >= 4 is 57.2 Å². The van der Waals surface area contributed by atoms with Gasteiger partial charge in [-0.05, 0) is 65.9 Å². The van der Waals surface area contributed by atoms with E-state index < -0.39 is 34.6 Å². The van der Waals surface area contributed by atoms with Gasteiger partial charge in [0.2, 0.25) is 0 Å². The molecule has 10 heteroatoms. The van der Waals surface area contributed by atoms with E-state index in [0.717, 1.165) is 3.57 Å². The van der Waals surface area contributed by atoms with E-state index in [2.05, 4.69) is 16.2 Å². The van der Waals surface area contributed by atoms with Crippen molar-refractivity contribution < 1.29 is 22.7 Å². The molecule has 0 aliphatic carbocycles. The van der Waals surface area contributed by atoms with Crippen LogP contribution in [0.2, 0.25) is 5.02 Å². The molecule has 31 heavy (non-hydrogen) atoms. The highest BCUT2D eigenvalue weighted by atomic mass is 127. The quantitative estimate of drug-likeness (QED) is 0.181. The Bertz CT molecular complexity index is 1130. The van der Waals surface area contributed by atoms with Crippen LogP contribution < -0.4 is 20.9 Å². The molecule has 0 aromatic heterocycles. The topological polar surface area (TPSA) is 62.4 Å². The van der Waals surface area contributed by atoms with Crippen molar-refractivity contribution in [3.05, 3.63) is 80.1 Å². The lowest BCUT2D eigenvalue weighted by Crippen LogP contribution is -2.30. The molecule has 0 bridgehead atoms. The molecule has 0 saturated carbocycles. The van der Waals surface area contributed by atoms with Gasteiger partial charge in [-0.25, -0.2) is 13.2 Å². The van der Waals surface area contributed by atoms with Gasteiger partial charge in [0.1, 0.15) is 5.75 Å². The van der Waals surface area contributed by atoms with E-state index in [0.29, 0.717) is 24.1 Å². The molecule has 3 aromatic rings. The molecule has 0 heterocycles. The van der Waals surface area contributed by atoms with Crippen LogP contribution >= 0.6 is 34.2 Å². The maximum absolute atomic E-state index is 14.6. The summed E-state index contributed by atoms with van der Waals surface area (Å²) in [7, 11) is 0. The zero-order valence-electron chi connectivity index (χ0n) is 16.0. The molecule has 0 atom stereocenters. The molecule has 0 spiro atoms. The fourth-order valence-electron chi connectivity index (χ4n) is 2.66. The second kappa shape index (κ2) is 10.1. The van der Waals surface area contributed by atoms with Gasteiger partial charge < -0.3 is 10.1 Å². The van der Waals surface area contributed by atoms with Crippen molar-refractivity contribution in [3.8, 4) is 5.75 Å². The van der Waals surface area contributed by atoms with Crippen molar-refractivity contribution in [1.82, 2.24) is 5.43 Å². The van der Waals surface area contributed by atoms with Crippen molar-refractivity contribution in [3.63, 3.8) is 0 Å². The number of carbonyl (C=O) groups is 1. The van der Waals surface area contributed by atoms with Gasteiger partial charge in [0.15, 0.2) is 17.5 Å². The van der Waals surface area contributed by atoms with Crippen LogP contribution in [0.5, 0.6) is 5.75 Å². The third kappa shape index (κ3) is 5.34. The highest BCUT2D eigenvalue weighted by molar-refractivity contribution is 14.1. The molecule has 0 saturated heterocycles. The van der Waals surface area contributed by atoms with Crippen LogP contribution in [0.1, 0.15) is 17.3 Å². The van der Waals surface area contributed by atoms with Crippen molar-refractivity contribution in [1.29, 1.82) is 0 Å². The zero-order chi connectivity index (χ0) is 22.5. The summed E-state index contributed by atoms with van der Waals surface area (Å²) in [5.41, 5.74) is 4.60. The standard InChI is InChI=1S/C21H16ClF3IN3O2/c1-2-31-17-6-4-3-5-16(17)28-29-21(30)12-10-14(23)18(24)19(25)20(12)27-15-8-7-11(26)9-13(15)22/h3-10,27-28H,2H2,1H3,(H,29,30). The Balaban J connectivity index is 1.92. The van der Waals surface area contributed by atoms with Gasteiger partial charge >= 0.3 is 0 Å². The van der Waals surface area contributed by atoms with Crippen LogP contribution in [0.4, 0.5) is 30.2 Å². The lowest BCUT2D eigenvalue weighted by atomic mass is 10.1. The van der Waals surface area contributed by atoms with Gasteiger partial charge in [-0.1, -0.05) is 23.7 Å². The Morgan fingerprint density at radius 1 is 1.06 bits per heavy atom. The van der Waals surface area contributed by atoms with E-state index in [9.17, 15) is 18.0 Å². The highest BCUT2D eigenvalue weighted by Gasteiger charge is 2.24. The van der Waals surface area contributed by atoms with E-state index in [4.69, 9.17) is 16.3 Å². The highest BCUT2D eigenvalue weighted by Crippen LogP contribution is 2.32. The number of ether oxygens (including phenoxy) is 1. The number of hydrogen-bond acceptors (Lipinski definition) is 4. The Morgan fingerprint density at radius 3 is 2.52 bits per heavy atom. The fourth-order valence-corrected chi connectivity index (χ4v) is 3.57. The van der Waals surface area contributed by atoms with E-state index in [1.165, 1.54) is 6.07 Å². The number of hydrazine groups is 1. The molecule has 0 radical (unpaired) electrons. The second-order valence-corrected chi connectivity index (χ2v) is 7.82. The minimum Gasteiger partial charge on any atom is -0.492 e. The van der Waals surface area contributed by atoms with Crippen LogP contribution in [0.25, 0.3) is 0 Å². The number of rotatable bonds is 7. The van der Waals surface area contributed by atoms with Crippen molar-refractivity contribution in [2.75, 3.05) is 17.3 Å². The molecule has 0 aliphatic heterocycles. The number of benzene rings is 3. The normalized spacial score (nSPS) is 10.5. The first-order valence-electron chi connectivity index (χ1n) is 8.99. The molecule has 0 fully saturated rings. The van der Waals surface area contributed by atoms with Gasteiger partial charge in [-0.3, -0.25) is 15.6 Å². The van der Waals surface area contributed by atoms with E-state index in [1.807, 2.05) is 22.6 Å². The van der Waals surface area contributed by atoms with Gasteiger partial charge in [0.25, 0.3) is 5.91 Å². The number of halogens is 5. The molecule has 162 valence electrons. The van der Waals surface area contributed by atoms with Gasteiger partial charge in [0.05, 0.1) is 34.3 Å². The van der Waals surface area contributed by atoms with Crippen LogP contribution in [-0.4, -0.2) is 12.5 Å². The maximum atomic E-state index is 14.6. The average molecular weight is 562 g/mol. The van der Waals surface area contributed by atoms with Gasteiger partial charge in [-0.2, -0.15) is 0 Å². The third-order valence-corrected chi connectivity index (χ3v) is 5.08. The van der Waals surface area contributed by atoms with Crippen LogP contribution in [-0.2, 0) is 0 Å². The number of hydrogen-bond donors (Lipinski definition) is 3. The molecule has 0 aliphatic rings. The smallest absolute Gasteiger partial charge is 0.271 e. The first-order valence-corrected chi connectivity index (χ1v) is 10.4. The Labute approximate surface area is 195 Å².